The Morgan fingerprint density at radius 1 is 0.830 bits per heavy atom. The molecule has 4 unspecified atom stereocenters. The maximum atomic E-state index is 12.8. The van der Waals surface area contributed by atoms with Crippen molar-refractivity contribution in [3.63, 3.8) is 0 Å². The largest absolute Gasteiger partial charge is 0.462 e. The molecule has 268 valence electrons. The average Bonchev–Trinajstić information content (AvgIpc) is 3.40. The molecule has 0 aromatic carbocycles. The van der Waals surface area contributed by atoms with Crippen molar-refractivity contribution in [2.75, 3.05) is 0 Å². The molecule has 8 atom stereocenters. The van der Waals surface area contributed by atoms with Gasteiger partial charge in [-0.1, -0.05) is 129 Å². The van der Waals surface area contributed by atoms with E-state index in [4.69, 9.17) is 4.74 Å². The molecule has 0 heterocycles. The fraction of sp³-hybridized carbons (Fsp3) is 0.844. The van der Waals surface area contributed by atoms with Crippen LogP contribution in [0, 0.1) is 46.3 Å². The first kappa shape index (κ1) is 38.5. The second kappa shape index (κ2) is 19.2. The summed E-state index contributed by atoms with van der Waals surface area (Å²) in [7, 11) is 0. The van der Waals surface area contributed by atoms with E-state index in [2.05, 4.69) is 71.9 Å². The van der Waals surface area contributed by atoms with Crippen LogP contribution in [0.3, 0.4) is 0 Å². The minimum Gasteiger partial charge on any atom is -0.462 e. The number of carbonyl (C=O) groups excluding carboxylic acids is 1. The number of fused-ring (bicyclic) bond motifs is 5. The molecule has 0 spiro atoms. The van der Waals surface area contributed by atoms with Crippen LogP contribution in [0.5, 0.6) is 0 Å². The van der Waals surface area contributed by atoms with Gasteiger partial charge in [0.15, 0.2) is 0 Å². The number of hydrogen-bond donors (Lipinski definition) is 0. The Hall–Kier alpha value is -1.31. The Morgan fingerprint density at radius 3 is 2.30 bits per heavy atom. The fourth-order valence-corrected chi connectivity index (χ4v) is 11.1. The van der Waals surface area contributed by atoms with Crippen molar-refractivity contribution in [3.05, 3.63) is 36.0 Å². The molecule has 4 aliphatic carbocycles. The van der Waals surface area contributed by atoms with E-state index >= 15 is 0 Å². The first-order valence-electron chi connectivity index (χ1n) is 20.9. The highest BCUT2D eigenvalue weighted by atomic mass is 16.5. The lowest BCUT2D eigenvalue weighted by Crippen LogP contribution is -2.51. The first-order valence-corrected chi connectivity index (χ1v) is 20.9. The number of rotatable bonds is 20. The van der Waals surface area contributed by atoms with Gasteiger partial charge in [-0.15, -0.1) is 0 Å². The molecule has 3 saturated carbocycles. The molecule has 0 amide bonds. The Balaban J connectivity index is 1.13. The van der Waals surface area contributed by atoms with Crippen LogP contribution in [0.2, 0.25) is 0 Å². The zero-order chi connectivity index (χ0) is 33.7. The number of carbonyl (C=O) groups is 1. The Kier molecular flexibility index (Phi) is 15.7. The molecular weight excluding hydrogens is 572 g/mol. The van der Waals surface area contributed by atoms with Gasteiger partial charge >= 0.3 is 5.97 Å². The van der Waals surface area contributed by atoms with Crippen LogP contribution in [-0.2, 0) is 9.53 Å². The SMILES string of the molecule is CCCCC/C=C/C/C=C/CCCCCCCC(=O)OC1CC[C@@]2(C)C(=CCC3C2CC[C@@]2(C)C3CC[C@@H]2[C@H](C)CCCC(C)C)C1. The summed E-state index contributed by atoms with van der Waals surface area (Å²) in [6.45, 7) is 14.9. The van der Waals surface area contributed by atoms with E-state index in [0.29, 0.717) is 17.3 Å². The van der Waals surface area contributed by atoms with Crippen LogP contribution in [0.1, 0.15) is 189 Å². The van der Waals surface area contributed by atoms with Gasteiger partial charge in [0.25, 0.3) is 0 Å². The van der Waals surface area contributed by atoms with Crippen molar-refractivity contribution >= 4 is 5.97 Å². The number of allylic oxidation sites excluding steroid dienone is 5. The molecular formula is C45H76O2. The Morgan fingerprint density at radius 2 is 1.55 bits per heavy atom. The van der Waals surface area contributed by atoms with E-state index in [-0.39, 0.29) is 12.1 Å². The normalized spacial score (nSPS) is 32.7. The second-order valence-corrected chi connectivity index (χ2v) is 17.6. The van der Waals surface area contributed by atoms with Gasteiger partial charge in [0.05, 0.1) is 0 Å². The standard InChI is InChI=1S/C45H76O2/c1-7-8-9-10-11-12-13-14-15-16-17-18-19-20-21-25-43(46)47-38-30-32-44(5)37(34-38)26-27-39-41-29-28-40(36(4)24-22-23-35(2)3)45(41,6)33-31-42(39)44/h11-12,14-15,26,35-36,38-42H,7-10,13,16-25,27-34H2,1-6H3/b12-11+,15-14+/t36-,38?,39?,40-,41?,42?,44+,45-/m1/s1. The summed E-state index contributed by atoms with van der Waals surface area (Å²) in [4.78, 5) is 12.8. The predicted molar refractivity (Wildman–Crippen MR) is 202 cm³/mol. The monoisotopic (exact) mass is 649 g/mol. The molecule has 2 heteroatoms. The van der Waals surface area contributed by atoms with Crippen LogP contribution < -0.4 is 0 Å². The highest BCUT2D eigenvalue weighted by Crippen LogP contribution is 2.67. The van der Waals surface area contributed by atoms with Crippen LogP contribution >= 0.6 is 0 Å². The molecule has 0 bridgehead atoms. The predicted octanol–water partition coefficient (Wildman–Crippen LogP) is 13.8. The summed E-state index contributed by atoms with van der Waals surface area (Å²) < 4.78 is 6.12. The molecule has 0 saturated heterocycles. The number of unbranched alkanes of at least 4 members (excludes halogenated alkanes) is 8. The molecule has 0 aliphatic heterocycles. The zero-order valence-corrected chi connectivity index (χ0v) is 32.0. The topological polar surface area (TPSA) is 26.3 Å². The highest BCUT2D eigenvalue weighted by molar-refractivity contribution is 5.69. The van der Waals surface area contributed by atoms with Crippen molar-refractivity contribution in [1.82, 2.24) is 0 Å². The minimum atomic E-state index is 0.0477. The molecule has 0 aromatic heterocycles. The minimum absolute atomic E-state index is 0.0477. The van der Waals surface area contributed by atoms with E-state index in [1.165, 1.54) is 109 Å². The van der Waals surface area contributed by atoms with Crippen molar-refractivity contribution in [2.45, 2.75) is 195 Å². The highest BCUT2D eigenvalue weighted by Gasteiger charge is 2.59. The molecule has 4 aliphatic rings. The van der Waals surface area contributed by atoms with Crippen molar-refractivity contribution in [1.29, 1.82) is 0 Å². The van der Waals surface area contributed by atoms with Gasteiger partial charge in [-0.25, -0.2) is 0 Å². The molecule has 2 nitrogen and oxygen atoms in total. The smallest absolute Gasteiger partial charge is 0.306 e. The number of esters is 1. The quantitative estimate of drug-likeness (QED) is 0.0746. The van der Waals surface area contributed by atoms with E-state index in [0.717, 1.165) is 67.6 Å². The van der Waals surface area contributed by atoms with Crippen molar-refractivity contribution in [3.8, 4) is 0 Å². The summed E-state index contributed by atoms with van der Waals surface area (Å²) >= 11 is 0. The van der Waals surface area contributed by atoms with Crippen molar-refractivity contribution in [2.24, 2.45) is 46.3 Å². The van der Waals surface area contributed by atoms with E-state index in [1.807, 2.05) is 0 Å². The van der Waals surface area contributed by atoms with Crippen LogP contribution in [-0.4, -0.2) is 12.1 Å². The lowest BCUT2D eigenvalue weighted by Gasteiger charge is -2.58. The summed E-state index contributed by atoms with van der Waals surface area (Å²) in [5, 5.41) is 0. The van der Waals surface area contributed by atoms with Gasteiger partial charge in [0.2, 0.25) is 0 Å². The number of ether oxygens (including phenoxy) is 1. The summed E-state index contributed by atoms with van der Waals surface area (Å²) in [5.74, 6) is 5.30. The maximum Gasteiger partial charge on any atom is 0.306 e. The van der Waals surface area contributed by atoms with E-state index < -0.39 is 0 Å². The summed E-state index contributed by atoms with van der Waals surface area (Å²) in [5.41, 5.74) is 2.52. The third kappa shape index (κ3) is 10.6. The van der Waals surface area contributed by atoms with E-state index in [9.17, 15) is 4.79 Å². The fourth-order valence-electron chi connectivity index (χ4n) is 11.1. The van der Waals surface area contributed by atoms with E-state index in [1.54, 1.807) is 5.57 Å². The van der Waals surface area contributed by atoms with Gasteiger partial charge in [-0.2, -0.15) is 0 Å². The Bertz CT molecular complexity index is 1020. The maximum absolute atomic E-state index is 12.8. The first-order chi connectivity index (χ1) is 22.7. The molecule has 47 heavy (non-hydrogen) atoms. The van der Waals surface area contributed by atoms with Gasteiger partial charge in [-0.05, 0) is 130 Å². The second-order valence-electron chi connectivity index (χ2n) is 17.6. The van der Waals surface area contributed by atoms with Gasteiger partial charge in [0, 0.05) is 12.8 Å². The molecule has 3 fully saturated rings. The molecule has 4 rings (SSSR count). The van der Waals surface area contributed by atoms with Gasteiger partial charge < -0.3 is 4.74 Å². The molecule has 0 radical (unpaired) electrons. The average molecular weight is 649 g/mol. The lowest BCUT2D eigenvalue weighted by molar-refractivity contribution is -0.151. The summed E-state index contributed by atoms with van der Waals surface area (Å²) in [6, 6.07) is 0. The van der Waals surface area contributed by atoms with Crippen molar-refractivity contribution < 1.29 is 9.53 Å². The van der Waals surface area contributed by atoms with Gasteiger partial charge in [0.1, 0.15) is 6.10 Å². The summed E-state index contributed by atoms with van der Waals surface area (Å²) in [6.07, 6.45) is 40.5. The van der Waals surface area contributed by atoms with Crippen LogP contribution in [0.25, 0.3) is 0 Å². The third-order valence-electron chi connectivity index (χ3n) is 13.9. The Labute approximate surface area is 292 Å². The lowest BCUT2D eigenvalue weighted by atomic mass is 9.47. The molecule has 0 aromatic rings. The molecule has 0 N–H and O–H groups in total. The third-order valence-corrected chi connectivity index (χ3v) is 13.9. The van der Waals surface area contributed by atoms with Crippen LogP contribution in [0.4, 0.5) is 0 Å². The zero-order valence-electron chi connectivity index (χ0n) is 32.0. The van der Waals surface area contributed by atoms with Gasteiger partial charge in [-0.3, -0.25) is 4.79 Å². The number of hydrogen-bond acceptors (Lipinski definition) is 2. The van der Waals surface area contributed by atoms with Crippen LogP contribution in [0.15, 0.2) is 36.0 Å².